The topological polar surface area (TPSA) is 408 Å². The minimum atomic E-state index is -1.46. The van der Waals surface area contributed by atoms with E-state index in [1.165, 1.54) is 6.92 Å². The molecule has 0 saturated carbocycles. The second-order valence-corrected chi connectivity index (χ2v) is 22.2. The van der Waals surface area contributed by atoms with Crippen LogP contribution in [0.15, 0.2) is 82.6 Å². The fourth-order valence-corrected chi connectivity index (χ4v) is 11.2. The van der Waals surface area contributed by atoms with Gasteiger partial charge in [0.15, 0.2) is 5.96 Å². The van der Waals surface area contributed by atoms with E-state index in [0.29, 0.717) is 35.1 Å². The summed E-state index contributed by atoms with van der Waals surface area (Å²) in [5.41, 5.74) is 19.3. The molecule has 0 spiro atoms. The quantitative estimate of drug-likeness (QED) is 0.0505. The molecule has 7 rings (SSSR count). The first-order valence-electron chi connectivity index (χ1n) is 28.6. The van der Waals surface area contributed by atoms with E-state index in [0.717, 1.165) is 15.3 Å². The Balaban J connectivity index is 1.27. The highest BCUT2D eigenvalue weighted by molar-refractivity contribution is 5.99. The SMILES string of the molecule is CC(=O)N[C@H]1CCC(=O)CC(C)CCC[C@@H](C(=O)N2C[C@H](O)C[C@H]2C(=O)N2C[C@H](O)C[C@H]2C(N)=O)NC(=O)[C@H](Cc2c[nH]c3ccccc23)NC(=O)[C@H](CCCN=C(N)N)NC(=O)[C@@H](Cc2ccccc2)NC(=O)[C@H](CC2=CCC=N2)NC1=O. The zero-order chi connectivity index (χ0) is 60.6. The van der Waals surface area contributed by atoms with Crippen molar-refractivity contribution in [3.63, 3.8) is 0 Å². The zero-order valence-electron chi connectivity index (χ0n) is 47.3. The Labute approximate surface area is 486 Å². The highest BCUT2D eigenvalue weighted by atomic mass is 16.3. The van der Waals surface area contributed by atoms with Gasteiger partial charge in [0.1, 0.15) is 54.1 Å². The monoisotopic (exact) mass is 1160 g/mol. The predicted octanol–water partition coefficient (Wildman–Crippen LogP) is -1.35. The van der Waals surface area contributed by atoms with Crippen LogP contribution in [0.25, 0.3) is 10.9 Å². The number of carbonyl (C=O) groups is 10. The maximum atomic E-state index is 15.2. The van der Waals surface area contributed by atoms with Crippen molar-refractivity contribution in [1.29, 1.82) is 0 Å². The Morgan fingerprint density at radius 2 is 1.32 bits per heavy atom. The van der Waals surface area contributed by atoms with E-state index in [1.807, 2.05) is 25.1 Å². The van der Waals surface area contributed by atoms with E-state index in [2.05, 4.69) is 46.9 Å². The Bertz CT molecular complexity index is 3000. The summed E-state index contributed by atoms with van der Waals surface area (Å²) in [6.07, 6.45) is 2.77. The van der Waals surface area contributed by atoms with Crippen LogP contribution in [-0.4, -0.2) is 176 Å². The molecule has 2 aromatic carbocycles. The molecule has 26 nitrogen and oxygen atoms in total. The van der Waals surface area contributed by atoms with Gasteiger partial charge in [-0.2, -0.15) is 0 Å². The van der Waals surface area contributed by atoms with Gasteiger partial charge in [-0.05, 0) is 48.8 Å². The van der Waals surface area contributed by atoms with Crippen molar-refractivity contribution >= 4 is 82.0 Å². The second-order valence-electron chi connectivity index (χ2n) is 22.2. The van der Waals surface area contributed by atoms with Crippen molar-refractivity contribution in [2.24, 2.45) is 33.1 Å². The molecule has 452 valence electrons. The maximum absolute atomic E-state index is 15.2. The molecule has 5 heterocycles. The van der Waals surface area contributed by atoms with Crippen LogP contribution in [0, 0.1) is 5.92 Å². The van der Waals surface area contributed by atoms with Gasteiger partial charge in [0.25, 0.3) is 0 Å². The summed E-state index contributed by atoms with van der Waals surface area (Å²) in [4.78, 5) is 156. The van der Waals surface area contributed by atoms with Crippen LogP contribution in [0.2, 0.25) is 0 Å². The number of rotatable bonds is 14. The molecule has 3 fully saturated rings. The molecule has 4 aliphatic rings. The maximum Gasteiger partial charge on any atom is 0.246 e. The number of aromatic nitrogens is 1. The average Bonchev–Trinajstić information content (AvgIpc) is 4.33. The minimum Gasteiger partial charge on any atom is -0.391 e. The number of primary amides is 1. The number of likely N-dealkylation sites (tertiary alicyclic amines) is 2. The number of fused-ring (bicyclic) bond motifs is 1. The van der Waals surface area contributed by atoms with Gasteiger partial charge in [-0.1, -0.05) is 74.4 Å². The van der Waals surface area contributed by atoms with Crippen LogP contribution >= 0.6 is 0 Å². The number of H-pyrrole nitrogens is 1. The van der Waals surface area contributed by atoms with E-state index < -0.39 is 114 Å². The van der Waals surface area contributed by atoms with E-state index >= 15 is 14.4 Å². The number of para-hydroxylation sites is 1. The zero-order valence-corrected chi connectivity index (χ0v) is 47.3. The number of nitrogens with zero attached hydrogens (tertiary/aromatic N) is 4. The van der Waals surface area contributed by atoms with E-state index in [9.17, 15) is 43.8 Å². The number of Topliss-reactive ketones (excluding diaryl/α,β-unsaturated/α-hetero) is 1. The number of carbonyl (C=O) groups excluding carboxylic acids is 10. The van der Waals surface area contributed by atoms with E-state index in [4.69, 9.17) is 17.2 Å². The summed E-state index contributed by atoms with van der Waals surface area (Å²) < 4.78 is 0. The van der Waals surface area contributed by atoms with Crippen LogP contribution in [0.3, 0.4) is 0 Å². The molecule has 3 saturated heterocycles. The van der Waals surface area contributed by atoms with Crippen LogP contribution in [0.5, 0.6) is 0 Å². The van der Waals surface area contributed by atoms with Crippen molar-refractivity contribution in [2.75, 3.05) is 19.6 Å². The van der Waals surface area contributed by atoms with Gasteiger partial charge in [-0.25, -0.2) is 0 Å². The molecule has 4 aliphatic heterocycles. The number of amides is 9. The third-order valence-corrected chi connectivity index (χ3v) is 15.5. The first-order chi connectivity index (χ1) is 40.1. The predicted molar refractivity (Wildman–Crippen MR) is 308 cm³/mol. The summed E-state index contributed by atoms with van der Waals surface area (Å²) in [6, 6.07) is 5.12. The lowest BCUT2D eigenvalue weighted by Crippen LogP contribution is -2.60. The van der Waals surface area contributed by atoms with E-state index in [-0.39, 0.29) is 114 Å². The van der Waals surface area contributed by atoms with Crippen LogP contribution in [0.1, 0.15) is 102 Å². The van der Waals surface area contributed by atoms with Gasteiger partial charge in [0, 0.05) is 107 Å². The standard InChI is InChI=1S/C58H78N14O12/c1-32-11-8-17-44(56(83)72-31-39(76)28-49(72)57(84)71-30-38(75)27-48(71)50(59)77)67-54(81)46(25-35-29-64-41-16-7-6-15-40(35)41)69-51(78)42(18-10-22-63-58(60)61)66-53(80)45(24-34-12-4-3-5-13-34)68-55(82)47(26-36-14-9-21-62-36)70-52(79)43(65-33(2)73)20-19-37(74)23-32/h3-7,12-16,21,29,32,38-39,42-49,64,75-76H,8-11,17-20,22-28,30-31H2,1-2H3,(H2,59,77)(H,65,73)(H,66,80)(H,67,81)(H,68,82)(H,69,78)(H,70,79)(H4,60,61,63)/t32?,38-,39-,42+,43+,44+,45-,46+,47+,48+,49+/m1/s1. The number of hydrogen-bond acceptors (Lipinski definition) is 14. The largest absolute Gasteiger partial charge is 0.391 e. The number of aliphatic hydroxyl groups is 2. The number of allylic oxidation sites excluding steroid dienone is 1. The normalized spacial score (nSPS) is 27.1. The molecule has 1 aromatic heterocycles. The highest BCUT2D eigenvalue weighted by Gasteiger charge is 2.48. The average molecular weight is 1160 g/mol. The highest BCUT2D eigenvalue weighted by Crippen LogP contribution is 2.28. The van der Waals surface area contributed by atoms with Gasteiger partial charge in [0.05, 0.1) is 12.2 Å². The van der Waals surface area contributed by atoms with Gasteiger partial charge in [0.2, 0.25) is 53.2 Å². The molecule has 9 amide bonds. The third-order valence-electron chi connectivity index (χ3n) is 15.5. The second kappa shape index (κ2) is 29.6. The first kappa shape index (κ1) is 63.1. The van der Waals surface area contributed by atoms with Crippen molar-refractivity contribution in [1.82, 2.24) is 46.7 Å². The van der Waals surface area contributed by atoms with Crippen molar-refractivity contribution < 1.29 is 58.2 Å². The van der Waals surface area contributed by atoms with Gasteiger partial charge in [-0.3, -0.25) is 57.9 Å². The number of β-amino-alcohol motifs (C(OH)–C–C–N with tert-alkyl or cyclic N) is 2. The smallest absolute Gasteiger partial charge is 0.246 e. The van der Waals surface area contributed by atoms with Gasteiger partial charge >= 0.3 is 0 Å². The molecule has 26 heteroatoms. The fourth-order valence-electron chi connectivity index (χ4n) is 11.2. The Hall–Kier alpha value is -8.52. The number of ketones is 1. The molecule has 0 radical (unpaired) electrons. The molecule has 11 atom stereocenters. The first-order valence-corrected chi connectivity index (χ1v) is 28.6. The van der Waals surface area contributed by atoms with Gasteiger partial charge < -0.3 is 74.1 Å². The summed E-state index contributed by atoms with van der Waals surface area (Å²) >= 11 is 0. The number of guanidine groups is 1. The number of aliphatic hydroxyl groups excluding tert-OH is 2. The molecule has 0 aliphatic carbocycles. The van der Waals surface area contributed by atoms with Crippen molar-refractivity contribution in [3.8, 4) is 0 Å². The van der Waals surface area contributed by atoms with Crippen molar-refractivity contribution in [2.45, 2.75) is 164 Å². The number of aliphatic imine (C=N–C) groups is 2. The third kappa shape index (κ3) is 17.5. The van der Waals surface area contributed by atoms with Crippen LogP contribution in [-0.2, 0) is 60.8 Å². The molecule has 3 aromatic rings. The van der Waals surface area contributed by atoms with E-state index in [1.54, 1.807) is 54.9 Å². The number of benzene rings is 2. The lowest BCUT2D eigenvalue weighted by atomic mass is 9.94. The fraction of sp³-hybridized carbons (Fsp3) is 0.517. The molecule has 1 unspecified atom stereocenters. The lowest BCUT2D eigenvalue weighted by molar-refractivity contribution is -0.147. The van der Waals surface area contributed by atoms with Crippen LogP contribution < -0.4 is 49.1 Å². The molecule has 84 heavy (non-hydrogen) atoms. The minimum absolute atomic E-state index is 0.0187. The van der Waals surface area contributed by atoms with Crippen LogP contribution in [0.4, 0.5) is 0 Å². The summed E-state index contributed by atoms with van der Waals surface area (Å²) in [6.45, 7) is 2.46. The number of aromatic amines is 1. The summed E-state index contributed by atoms with van der Waals surface area (Å²) in [7, 11) is 0. The molecular formula is C58H78N14O12. The van der Waals surface area contributed by atoms with Gasteiger partial charge in [-0.15, -0.1) is 0 Å². The number of nitrogens with one attached hydrogen (secondary N) is 7. The molecule has 15 N–H and O–H groups in total. The number of nitrogens with two attached hydrogens (primary N) is 3. The molecular weight excluding hydrogens is 1080 g/mol. The van der Waals surface area contributed by atoms with Crippen molar-refractivity contribution in [3.05, 3.63) is 83.7 Å². The summed E-state index contributed by atoms with van der Waals surface area (Å²) in [5.74, 6) is -7.84. The summed E-state index contributed by atoms with van der Waals surface area (Å²) in [5, 5.41) is 38.8. The Morgan fingerprint density at radius 1 is 0.714 bits per heavy atom. The Kier molecular flexibility index (Phi) is 22.3. The number of hydrogen-bond donors (Lipinski definition) is 12. The molecule has 0 bridgehead atoms. The Morgan fingerprint density at radius 3 is 1.99 bits per heavy atom. The lowest BCUT2D eigenvalue weighted by Gasteiger charge is -2.33.